The monoisotopic (exact) mass is 378 g/mol. The van der Waals surface area contributed by atoms with Crippen molar-refractivity contribution in [1.29, 1.82) is 0 Å². The van der Waals surface area contributed by atoms with Gasteiger partial charge in [-0.05, 0) is 25.0 Å². The fraction of sp³-hybridized carbons (Fsp3) is 0.444. The van der Waals surface area contributed by atoms with Crippen LogP contribution >= 0.6 is 11.6 Å². The lowest BCUT2D eigenvalue weighted by Gasteiger charge is -2.37. The van der Waals surface area contributed by atoms with Gasteiger partial charge in [-0.1, -0.05) is 11.6 Å². The Morgan fingerprint density at radius 1 is 1.42 bits per heavy atom. The number of nitrogens with zero attached hydrogens (tertiary/aromatic N) is 2. The normalized spacial score (nSPS) is 17.3. The first kappa shape index (κ1) is 18.4. The number of rotatable bonds is 3. The van der Waals surface area contributed by atoms with Gasteiger partial charge < -0.3 is 25.2 Å². The van der Waals surface area contributed by atoms with Crippen LogP contribution < -0.4 is 5.32 Å². The molecule has 0 bridgehead atoms. The van der Waals surface area contributed by atoms with Gasteiger partial charge >= 0.3 is 6.03 Å². The Labute approximate surface area is 156 Å². The number of aromatic hydroxyl groups is 1. The van der Waals surface area contributed by atoms with Gasteiger partial charge in [0, 0.05) is 49.2 Å². The second-order valence-electron chi connectivity index (χ2n) is 6.71. The minimum absolute atomic E-state index is 0.0122. The number of phenols is 1. The van der Waals surface area contributed by atoms with Crippen LogP contribution in [0.25, 0.3) is 10.9 Å². The lowest BCUT2D eigenvalue weighted by Crippen LogP contribution is -2.52. The highest BCUT2D eigenvalue weighted by Crippen LogP contribution is 2.29. The Morgan fingerprint density at radius 3 is 2.92 bits per heavy atom. The van der Waals surface area contributed by atoms with E-state index in [4.69, 9.17) is 11.6 Å². The number of aromatic amines is 1. The first-order valence-electron chi connectivity index (χ1n) is 8.61. The van der Waals surface area contributed by atoms with Crippen LogP contribution in [0.15, 0.2) is 18.2 Å². The summed E-state index contributed by atoms with van der Waals surface area (Å²) in [6.07, 6.45) is 1.77. The number of H-pyrrole nitrogens is 1. The van der Waals surface area contributed by atoms with Crippen molar-refractivity contribution in [3.8, 4) is 5.75 Å². The number of likely N-dealkylation sites (N-methyl/N-ethyl adjacent to an activating group) is 1. The molecule has 0 spiro atoms. The average Bonchev–Trinajstić information content (AvgIpc) is 3.02. The van der Waals surface area contributed by atoms with Gasteiger partial charge in [-0.3, -0.25) is 4.79 Å². The number of halogens is 1. The van der Waals surface area contributed by atoms with Crippen LogP contribution in [0.2, 0.25) is 5.02 Å². The van der Waals surface area contributed by atoms with Crippen molar-refractivity contribution >= 4 is 34.4 Å². The number of piperidine rings is 1. The number of phenolic OH excluding ortho intramolecular Hbond substituents is 1. The van der Waals surface area contributed by atoms with Gasteiger partial charge in [-0.25, -0.2) is 4.79 Å². The number of carbonyl (C=O) groups excluding carboxylic acids is 2. The highest BCUT2D eigenvalue weighted by atomic mass is 35.5. The first-order valence-corrected chi connectivity index (χ1v) is 8.99. The molecule has 1 fully saturated rings. The highest BCUT2D eigenvalue weighted by molar-refractivity contribution is 6.31. The predicted octanol–water partition coefficient (Wildman–Crippen LogP) is 2.68. The molecule has 8 heteroatoms. The third-order valence-electron chi connectivity index (χ3n) is 4.87. The van der Waals surface area contributed by atoms with Crippen molar-refractivity contribution in [2.75, 3.05) is 20.1 Å². The van der Waals surface area contributed by atoms with Crippen LogP contribution in [0, 0.1) is 0 Å². The van der Waals surface area contributed by atoms with Gasteiger partial charge in [0.05, 0.1) is 18.1 Å². The molecule has 1 aliphatic heterocycles. The van der Waals surface area contributed by atoms with E-state index in [-0.39, 0.29) is 23.7 Å². The van der Waals surface area contributed by atoms with Crippen molar-refractivity contribution in [1.82, 2.24) is 20.1 Å². The smallest absolute Gasteiger partial charge is 0.317 e. The highest BCUT2D eigenvalue weighted by Gasteiger charge is 2.27. The second-order valence-corrected chi connectivity index (χ2v) is 7.15. The van der Waals surface area contributed by atoms with Crippen molar-refractivity contribution < 1.29 is 14.7 Å². The standard InChI is InChI=1S/C18H23ClN4O3/c1-11(24)23-5-3-4-15(10-23)22(2)18(26)20-9-14-7-12-6-13(19)8-16(25)17(12)21-14/h6-8,15,21,25H,3-5,9-10H2,1-2H3,(H,20,26)/t15-/m1/s1. The van der Waals surface area contributed by atoms with E-state index in [0.29, 0.717) is 23.6 Å². The van der Waals surface area contributed by atoms with Gasteiger partial charge in [-0.2, -0.15) is 0 Å². The van der Waals surface area contributed by atoms with Gasteiger partial charge in [0.2, 0.25) is 5.91 Å². The molecule has 7 nitrogen and oxygen atoms in total. The molecule has 1 aromatic heterocycles. The molecule has 140 valence electrons. The average molecular weight is 379 g/mol. The SMILES string of the molecule is CC(=O)N1CCC[C@@H](N(C)C(=O)NCc2cc3cc(Cl)cc(O)c3[nH]2)C1. The lowest BCUT2D eigenvalue weighted by molar-refractivity contribution is -0.130. The maximum absolute atomic E-state index is 12.5. The summed E-state index contributed by atoms with van der Waals surface area (Å²) < 4.78 is 0. The number of hydrogen-bond donors (Lipinski definition) is 3. The maximum atomic E-state index is 12.5. The molecule has 3 amide bonds. The van der Waals surface area contributed by atoms with Crippen molar-refractivity contribution in [2.24, 2.45) is 0 Å². The number of nitrogens with one attached hydrogen (secondary N) is 2. The molecule has 0 unspecified atom stereocenters. The number of benzene rings is 1. The molecule has 3 N–H and O–H groups in total. The van der Waals surface area contributed by atoms with Crippen LogP contribution in [-0.2, 0) is 11.3 Å². The Morgan fingerprint density at radius 2 is 2.19 bits per heavy atom. The number of likely N-dealkylation sites (tertiary alicyclic amines) is 1. The van der Waals surface area contributed by atoms with Gasteiger partial charge in [0.15, 0.2) is 0 Å². The fourth-order valence-corrected chi connectivity index (χ4v) is 3.58. The number of urea groups is 1. The summed E-state index contributed by atoms with van der Waals surface area (Å²) in [4.78, 5) is 30.5. The third kappa shape index (κ3) is 3.88. The van der Waals surface area contributed by atoms with E-state index < -0.39 is 0 Å². The number of amides is 3. The Bertz CT molecular complexity index is 835. The van der Waals surface area contributed by atoms with Gasteiger partial charge in [0.1, 0.15) is 5.75 Å². The molecule has 1 saturated heterocycles. The number of carbonyl (C=O) groups is 2. The zero-order chi connectivity index (χ0) is 18.8. The van der Waals surface area contributed by atoms with Crippen molar-refractivity contribution in [2.45, 2.75) is 32.4 Å². The van der Waals surface area contributed by atoms with Crippen LogP contribution in [0.3, 0.4) is 0 Å². The van der Waals surface area contributed by atoms with E-state index in [0.717, 1.165) is 30.5 Å². The van der Waals surface area contributed by atoms with E-state index in [9.17, 15) is 14.7 Å². The maximum Gasteiger partial charge on any atom is 0.317 e. The van der Waals surface area contributed by atoms with E-state index >= 15 is 0 Å². The molecule has 26 heavy (non-hydrogen) atoms. The topological polar surface area (TPSA) is 88.7 Å². The second kappa shape index (κ2) is 7.45. The molecule has 0 aliphatic carbocycles. The van der Waals surface area contributed by atoms with Crippen molar-refractivity contribution in [3.05, 3.63) is 28.9 Å². The molecule has 3 rings (SSSR count). The molecule has 2 aromatic rings. The first-order chi connectivity index (χ1) is 12.3. The fourth-order valence-electron chi connectivity index (χ4n) is 3.36. The predicted molar refractivity (Wildman–Crippen MR) is 100 cm³/mol. The summed E-state index contributed by atoms with van der Waals surface area (Å²) in [5.41, 5.74) is 1.37. The Balaban J connectivity index is 1.61. The number of hydrogen-bond acceptors (Lipinski definition) is 3. The number of fused-ring (bicyclic) bond motifs is 1. The third-order valence-corrected chi connectivity index (χ3v) is 5.09. The van der Waals surface area contributed by atoms with Crippen LogP contribution in [-0.4, -0.2) is 58.0 Å². The number of aromatic nitrogens is 1. The molecular weight excluding hydrogens is 356 g/mol. The summed E-state index contributed by atoms with van der Waals surface area (Å²) in [6.45, 7) is 3.18. The summed E-state index contributed by atoms with van der Waals surface area (Å²) in [5.74, 6) is 0.119. The van der Waals surface area contributed by atoms with Crippen LogP contribution in [0.1, 0.15) is 25.5 Å². The molecular formula is C18H23ClN4O3. The minimum atomic E-state index is -0.193. The summed E-state index contributed by atoms with van der Waals surface area (Å²) in [5, 5.41) is 14.0. The van der Waals surface area contributed by atoms with Gasteiger partial charge in [0.25, 0.3) is 0 Å². The summed E-state index contributed by atoms with van der Waals surface area (Å²) in [7, 11) is 1.75. The largest absolute Gasteiger partial charge is 0.506 e. The molecule has 0 saturated carbocycles. The van der Waals surface area contributed by atoms with Crippen molar-refractivity contribution in [3.63, 3.8) is 0 Å². The van der Waals surface area contributed by atoms with Gasteiger partial charge in [-0.15, -0.1) is 0 Å². The van der Waals surface area contributed by atoms with Crippen LogP contribution in [0.4, 0.5) is 4.79 Å². The summed E-state index contributed by atoms with van der Waals surface area (Å²) >= 11 is 5.94. The molecule has 1 aliphatic rings. The zero-order valence-electron chi connectivity index (χ0n) is 14.9. The molecule has 0 radical (unpaired) electrons. The quantitative estimate of drug-likeness (QED) is 0.767. The molecule has 1 aromatic carbocycles. The van der Waals surface area contributed by atoms with E-state index in [1.807, 2.05) is 6.07 Å². The lowest BCUT2D eigenvalue weighted by atomic mass is 10.0. The van der Waals surface area contributed by atoms with Crippen LogP contribution in [0.5, 0.6) is 5.75 Å². The Kier molecular flexibility index (Phi) is 5.27. The molecule has 1 atom stereocenters. The van der Waals surface area contributed by atoms with E-state index in [1.165, 1.54) is 6.07 Å². The minimum Gasteiger partial charge on any atom is -0.506 e. The summed E-state index contributed by atoms with van der Waals surface area (Å²) in [6, 6.07) is 4.89. The Hall–Kier alpha value is -2.41. The van der Waals surface area contributed by atoms with E-state index in [1.54, 1.807) is 29.8 Å². The zero-order valence-corrected chi connectivity index (χ0v) is 15.6. The van der Waals surface area contributed by atoms with E-state index in [2.05, 4.69) is 10.3 Å². The molecule has 2 heterocycles.